The molecule has 0 saturated carbocycles. The molecule has 4 aliphatic heterocycles. The van der Waals surface area contributed by atoms with Crippen molar-refractivity contribution in [2.45, 2.75) is 63.6 Å². The van der Waals surface area contributed by atoms with Crippen molar-refractivity contribution < 1.29 is 23.4 Å². The number of anilines is 2. The van der Waals surface area contributed by atoms with Gasteiger partial charge in [0.1, 0.15) is 41.4 Å². The molecule has 9 nitrogen and oxygen atoms in total. The quantitative estimate of drug-likeness (QED) is 0.243. The largest absolute Gasteiger partial charge is 0.489 e. The minimum absolute atomic E-state index is 0.0380. The van der Waals surface area contributed by atoms with Gasteiger partial charge in [0, 0.05) is 30.0 Å². The molecule has 47 heavy (non-hydrogen) atoms. The lowest BCUT2D eigenvalue weighted by molar-refractivity contribution is 0.0753. The Balaban J connectivity index is 1.35. The van der Waals surface area contributed by atoms with E-state index in [1.807, 2.05) is 0 Å². The third-order valence-corrected chi connectivity index (χ3v) is 12.1. The fourth-order valence-electron chi connectivity index (χ4n) is 8.70. The molecular formula is C34H35ClF2N6O3S. The van der Waals surface area contributed by atoms with Crippen LogP contribution in [0, 0.1) is 34.8 Å². The summed E-state index contributed by atoms with van der Waals surface area (Å²) >= 11 is 8.01. The molecule has 4 aromatic rings. The number of thiophene rings is 1. The third kappa shape index (κ3) is 4.65. The zero-order chi connectivity index (χ0) is 32.8. The number of nitrogen functional groups attached to an aromatic ring is 1. The van der Waals surface area contributed by atoms with Crippen LogP contribution in [0.1, 0.15) is 51.5 Å². The van der Waals surface area contributed by atoms with Crippen molar-refractivity contribution >= 4 is 54.7 Å². The molecule has 0 radical (unpaired) electrons. The molecule has 4 unspecified atom stereocenters. The molecule has 6 heterocycles. The van der Waals surface area contributed by atoms with E-state index >= 15 is 8.78 Å². The maximum Gasteiger partial charge on any atom is 0.319 e. The summed E-state index contributed by atoms with van der Waals surface area (Å²) in [6.45, 7) is 7.24. The minimum atomic E-state index is -0.759. The number of hydrogen-bond donors (Lipinski definition) is 2. The Bertz CT molecular complexity index is 1980. The Morgan fingerprint density at radius 2 is 2.11 bits per heavy atom. The molecule has 0 bridgehead atoms. The number of nitrogens with two attached hydrogens (primary N) is 1. The highest BCUT2D eigenvalue weighted by Crippen LogP contribution is 2.52. The van der Waals surface area contributed by atoms with Gasteiger partial charge in [0.15, 0.2) is 11.6 Å². The average Bonchev–Trinajstić information content (AvgIpc) is 3.65. The van der Waals surface area contributed by atoms with E-state index in [4.69, 9.17) is 31.8 Å². The van der Waals surface area contributed by atoms with Crippen LogP contribution in [0.15, 0.2) is 12.1 Å². The van der Waals surface area contributed by atoms with Crippen LogP contribution in [0.5, 0.6) is 11.8 Å². The summed E-state index contributed by atoms with van der Waals surface area (Å²) < 4.78 is 45.2. The third-order valence-electron chi connectivity index (χ3n) is 10.7. The van der Waals surface area contributed by atoms with Crippen molar-refractivity contribution in [2.75, 3.05) is 43.5 Å². The zero-order valence-electron chi connectivity index (χ0n) is 26.2. The number of rotatable bonds is 5. The summed E-state index contributed by atoms with van der Waals surface area (Å²) in [6.07, 6.45) is 4.11. The molecule has 3 saturated heterocycles. The molecule has 13 heteroatoms. The lowest BCUT2D eigenvalue weighted by Crippen LogP contribution is -2.51. The number of fused-ring (bicyclic) bond motifs is 4. The van der Waals surface area contributed by atoms with Gasteiger partial charge >= 0.3 is 6.01 Å². The van der Waals surface area contributed by atoms with Crippen molar-refractivity contribution in [3.63, 3.8) is 0 Å². The maximum absolute atomic E-state index is 17.2. The molecule has 3 fully saturated rings. The molecule has 8 rings (SSSR count). The second kappa shape index (κ2) is 11.3. The number of halogens is 3. The number of hydrogen-bond acceptors (Lipinski definition) is 10. The smallest absolute Gasteiger partial charge is 0.319 e. The maximum atomic E-state index is 17.2. The standard InChI is InChI=1S/C34H35ClF2N6O3S/c1-16-11-34(8-4-9-42(34)13-16)15-46-33-40-28-25-29(45-14-22-18(17(2)44)5-3-10-43(22)32(25)41-33)26(35)24(27(28)37)19-6-7-21(36)30-23(19)20(12-38)31(39)47-30/h6-7,16-18,22,44H,3-5,8-11,13-15,39H2,1-2H3/t16-,17?,18?,22?,34?/m1/s1. The number of aromatic nitrogens is 2. The fourth-order valence-corrected chi connectivity index (χ4v) is 9.99. The van der Waals surface area contributed by atoms with Gasteiger partial charge in [0.2, 0.25) is 0 Å². The van der Waals surface area contributed by atoms with Crippen LogP contribution in [0.25, 0.3) is 32.1 Å². The Kier molecular flexibility index (Phi) is 7.40. The summed E-state index contributed by atoms with van der Waals surface area (Å²) in [5, 5.41) is 21.3. The lowest BCUT2D eigenvalue weighted by atomic mass is 9.85. The van der Waals surface area contributed by atoms with Gasteiger partial charge in [0.25, 0.3) is 0 Å². The number of nitrogens with zero attached hydrogens (tertiary/aromatic N) is 5. The van der Waals surface area contributed by atoms with Gasteiger partial charge < -0.3 is 25.2 Å². The summed E-state index contributed by atoms with van der Waals surface area (Å²) in [5.74, 6) is -0.261. The van der Waals surface area contributed by atoms with Gasteiger partial charge in [0.05, 0.1) is 38.4 Å². The van der Waals surface area contributed by atoms with Crippen molar-refractivity contribution in [3.8, 4) is 29.0 Å². The molecule has 246 valence electrons. The van der Waals surface area contributed by atoms with Crippen molar-refractivity contribution in [1.29, 1.82) is 5.26 Å². The molecule has 0 amide bonds. The number of aliphatic hydroxyl groups excluding tert-OH is 1. The number of piperidine rings is 1. The Morgan fingerprint density at radius 1 is 1.28 bits per heavy atom. The predicted molar refractivity (Wildman–Crippen MR) is 178 cm³/mol. The van der Waals surface area contributed by atoms with E-state index in [0.29, 0.717) is 30.3 Å². The number of nitriles is 1. The van der Waals surface area contributed by atoms with E-state index in [-0.39, 0.29) is 78.2 Å². The van der Waals surface area contributed by atoms with Crippen molar-refractivity contribution in [1.82, 2.24) is 14.9 Å². The van der Waals surface area contributed by atoms with Crippen LogP contribution in [0.2, 0.25) is 5.02 Å². The zero-order valence-corrected chi connectivity index (χ0v) is 27.7. The van der Waals surface area contributed by atoms with Gasteiger partial charge in [-0.2, -0.15) is 15.2 Å². The first-order valence-electron chi connectivity index (χ1n) is 16.2. The minimum Gasteiger partial charge on any atom is -0.489 e. The summed E-state index contributed by atoms with van der Waals surface area (Å²) in [5.41, 5.74) is 6.16. The van der Waals surface area contributed by atoms with Gasteiger partial charge in [-0.1, -0.05) is 24.6 Å². The van der Waals surface area contributed by atoms with Crippen LogP contribution in [0.4, 0.5) is 19.6 Å². The molecule has 2 aromatic carbocycles. The van der Waals surface area contributed by atoms with Crippen LogP contribution >= 0.6 is 22.9 Å². The highest BCUT2D eigenvalue weighted by molar-refractivity contribution is 7.23. The SMILES string of the molecule is CC(O)C1CCCN2c3nc(OCC45CCCN4C[C@H](C)C5)nc4c(F)c(-c5ccc(F)c6sc(N)c(C#N)c56)c(Cl)c(c34)OCC12. The van der Waals surface area contributed by atoms with Gasteiger partial charge in [-0.15, -0.1) is 11.3 Å². The van der Waals surface area contributed by atoms with E-state index < -0.39 is 17.7 Å². The van der Waals surface area contributed by atoms with Crippen LogP contribution in [-0.2, 0) is 0 Å². The first-order valence-corrected chi connectivity index (χ1v) is 17.4. The molecule has 4 aliphatic rings. The van der Waals surface area contributed by atoms with Crippen LogP contribution in [0.3, 0.4) is 0 Å². The Morgan fingerprint density at radius 3 is 2.89 bits per heavy atom. The summed E-state index contributed by atoms with van der Waals surface area (Å²) in [6, 6.07) is 4.47. The van der Waals surface area contributed by atoms with E-state index in [1.165, 1.54) is 12.1 Å². The fraction of sp³-hybridized carbons (Fsp3) is 0.500. The molecular weight excluding hydrogens is 646 g/mol. The van der Waals surface area contributed by atoms with Gasteiger partial charge in [-0.05, 0) is 63.1 Å². The van der Waals surface area contributed by atoms with E-state index in [2.05, 4.69) is 27.8 Å². The predicted octanol–water partition coefficient (Wildman–Crippen LogP) is 6.51. The van der Waals surface area contributed by atoms with Crippen molar-refractivity contribution in [3.05, 3.63) is 34.4 Å². The molecule has 5 atom stereocenters. The normalized spacial score (nSPS) is 26.1. The second-order valence-electron chi connectivity index (χ2n) is 13.6. The first kappa shape index (κ1) is 30.8. The second-order valence-corrected chi connectivity index (χ2v) is 15.1. The molecule has 0 aliphatic carbocycles. The van der Waals surface area contributed by atoms with Crippen LogP contribution < -0.4 is 20.1 Å². The Labute approximate surface area is 279 Å². The molecule has 3 N–H and O–H groups in total. The number of aliphatic hydroxyl groups is 1. The Hall–Kier alpha value is -3.50. The monoisotopic (exact) mass is 680 g/mol. The van der Waals surface area contributed by atoms with Crippen LogP contribution in [-0.4, -0.2) is 70.5 Å². The average molecular weight is 681 g/mol. The van der Waals surface area contributed by atoms with Crippen molar-refractivity contribution in [2.24, 2.45) is 11.8 Å². The molecule has 2 aromatic heterocycles. The van der Waals surface area contributed by atoms with Gasteiger partial charge in [-0.25, -0.2) is 8.78 Å². The van der Waals surface area contributed by atoms with E-state index in [9.17, 15) is 10.4 Å². The first-order chi connectivity index (χ1) is 22.6. The highest BCUT2D eigenvalue weighted by atomic mass is 35.5. The topological polar surface area (TPSA) is 121 Å². The molecule has 0 spiro atoms. The number of ether oxygens (including phenoxy) is 2. The van der Waals surface area contributed by atoms with E-state index in [0.717, 1.165) is 56.5 Å². The summed E-state index contributed by atoms with van der Waals surface area (Å²) in [4.78, 5) is 14.2. The van der Waals surface area contributed by atoms with Gasteiger partial charge in [-0.3, -0.25) is 4.90 Å². The lowest BCUT2D eigenvalue weighted by Gasteiger charge is -2.42. The summed E-state index contributed by atoms with van der Waals surface area (Å²) in [7, 11) is 0. The highest BCUT2D eigenvalue weighted by Gasteiger charge is 2.48. The van der Waals surface area contributed by atoms with E-state index in [1.54, 1.807) is 6.92 Å². The number of benzene rings is 2.